The summed E-state index contributed by atoms with van der Waals surface area (Å²) < 4.78 is 8.66. The second kappa shape index (κ2) is 6.44. The molecule has 0 saturated carbocycles. The van der Waals surface area contributed by atoms with Crippen LogP contribution in [-0.2, 0) is 17.9 Å². The number of aromatic nitrogens is 1. The number of furan rings is 1. The van der Waals surface area contributed by atoms with Gasteiger partial charge in [-0.1, -0.05) is 52.0 Å². The van der Waals surface area contributed by atoms with E-state index in [4.69, 9.17) is 11.0 Å². The highest BCUT2D eigenvalue weighted by atomic mass is 16.3. The van der Waals surface area contributed by atoms with Crippen LogP contribution in [0, 0.1) is 13.5 Å². The van der Waals surface area contributed by atoms with E-state index in [2.05, 4.69) is 75.5 Å². The van der Waals surface area contributed by atoms with Crippen molar-refractivity contribution < 1.29 is 8.98 Å². The van der Waals surface area contributed by atoms with Crippen molar-refractivity contribution in [1.29, 1.82) is 0 Å². The molecule has 0 saturated heterocycles. The van der Waals surface area contributed by atoms with Crippen molar-refractivity contribution >= 4 is 27.6 Å². The van der Waals surface area contributed by atoms with Gasteiger partial charge in [0.25, 0.3) is 0 Å². The van der Waals surface area contributed by atoms with Crippen LogP contribution in [0.3, 0.4) is 0 Å². The number of aryl methyl sites for hydroxylation is 2. The fraction of sp³-hybridized carbons (Fsp3) is 0.357. The van der Waals surface area contributed by atoms with Gasteiger partial charge < -0.3 is 4.42 Å². The molecule has 2 heterocycles. The zero-order chi connectivity index (χ0) is 22.1. The van der Waals surface area contributed by atoms with E-state index in [9.17, 15) is 0 Å². The Hall–Kier alpha value is -3.12. The van der Waals surface area contributed by atoms with E-state index in [1.165, 1.54) is 35.2 Å². The molecule has 3 heteroatoms. The van der Waals surface area contributed by atoms with Gasteiger partial charge in [-0.3, -0.25) is 0 Å². The van der Waals surface area contributed by atoms with Crippen LogP contribution in [0.5, 0.6) is 0 Å². The fourth-order valence-corrected chi connectivity index (χ4v) is 5.21. The Labute approximate surface area is 184 Å². The maximum atomic E-state index is 7.33. The first kappa shape index (κ1) is 19.8. The first-order chi connectivity index (χ1) is 14.6. The van der Waals surface area contributed by atoms with Crippen LogP contribution in [-0.4, -0.2) is 0 Å². The molecule has 0 bridgehead atoms. The number of hydrogen-bond acceptors (Lipinski definition) is 1. The molecule has 0 fully saturated rings. The molecule has 0 N–H and O–H groups in total. The third-order valence-electron chi connectivity index (χ3n) is 7.33. The third-order valence-corrected chi connectivity index (χ3v) is 7.33. The minimum atomic E-state index is 0.147. The van der Waals surface area contributed by atoms with Crippen LogP contribution in [0.1, 0.15) is 57.2 Å². The molecule has 1 aliphatic carbocycles. The average Bonchev–Trinajstić information content (AvgIpc) is 3.09. The second-order valence-corrected chi connectivity index (χ2v) is 10.4. The Balaban J connectivity index is 1.84. The standard InChI is InChI=1S/C28H29N2O/c1-17-8-10-20-19-11-9-18(29-6)14-24(19)31-26(20)25(17)23-15-21-22(16-30(23)7)28(4,5)13-12-27(21,2)3/h8-11,14-16H,12-13H2,1-5,7H3/q+1. The topological polar surface area (TPSA) is 21.4 Å². The SMILES string of the molecule is [C-]#[N+]c1ccc2c(c1)oc1c(-c3cc4c(c[n+]3C)C(C)(C)CCC4(C)C)c(C)ccc12. The van der Waals surface area contributed by atoms with E-state index < -0.39 is 0 Å². The summed E-state index contributed by atoms with van der Waals surface area (Å²) in [5, 5.41) is 2.16. The van der Waals surface area contributed by atoms with E-state index in [0.29, 0.717) is 5.69 Å². The van der Waals surface area contributed by atoms with Crippen molar-refractivity contribution in [2.24, 2.45) is 7.05 Å². The molecule has 31 heavy (non-hydrogen) atoms. The number of pyridine rings is 1. The summed E-state index contributed by atoms with van der Waals surface area (Å²) in [5.74, 6) is 0. The van der Waals surface area contributed by atoms with Gasteiger partial charge in [-0.05, 0) is 47.8 Å². The summed E-state index contributed by atoms with van der Waals surface area (Å²) in [4.78, 5) is 3.57. The minimum Gasteiger partial charge on any atom is -0.456 e. The average molecular weight is 410 g/mol. The number of benzene rings is 2. The van der Waals surface area contributed by atoms with Gasteiger partial charge in [0.1, 0.15) is 18.2 Å². The van der Waals surface area contributed by atoms with Gasteiger partial charge in [-0.15, -0.1) is 0 Å². The molecule has 2 aromatic heterocycles. The quantitative estimate of drug-likeness (QED) is 0.239. The van der Waals surface area contributed by atoms with Crippen molar-refractivity contribution in [2.45, 2.75) is 58.3 Å². The minimum absolute atomic E-state index is 0.147. The van der Waals surface area contributed by atoms with E-state index in [-0.39, 0.29) is 10.8 Å². The Bertz CT molecular complexity index is 1410. The zero-order valence-electron chi connectivity index (χ0n) is 19.3. The molecule has 0 amide bonds. The van der Waals surface area contributed by atoms with E-state index in [0.717, 1.165) is 27.5 Å². The number of rotatable bonds is 1. The van der Waals surface area contributed by atoms with Gasteiger partial charge in [-0.2, -0.15) is 0 Å². The molecule has 0 aliphatic heterocycles. The Morgan fingerprint density at radius 3 is 2.32 bits per heavy atom. The molecule has 3 nitrogen and oxygen atoms in total. The third kappa shape index (κ3) is 2.89. The largest absolute Gasteiger partial charge is 0.456 e. The second-order valence-electron chi connectivity index (χ2n) is 10.4. The van der Waals surface area contributed by atoms with Crippen LogP contribution in [0.15, 0.2) is 47.0 Å². The predicted molar refractivity (Wildman–Crippen MR) is 127 cm³/mol. The van der Waals surface area contributed by atoms with Gasteiger partial charge in [0, 0.05) is 22.4 Å². The summed E-state index contributed by atoms with van der Waals surface area (Å²) in [6.45, 7) is 18.9. The summed E-state index contributed by atoms with van der Waals surface area (Å²) in [5.41, 5.74) is 9.02. The molecule has 0 spiro atoms. The van der Waals surface area contributed by atoms with Crippen molar-refractivity contribution in [3.8, 4) is 11.3 Å². The number of nitrogens with zero attached hydrogens (tertiary/aromatic N) is 2. The normalized spacial score (nSPS) is 16.9. The molecule has 0 unspecified atom stereocenters. The first-order valence-electron chi connectivity index (χ1n) is 11.0. The van der Waals surface area contributed by atoms with Crippen molar-refractivity contribution in [3.05, 3.63) is 70.7 Å². The maximum absolute atomic E-state index is 7.33. The lowest BCUT2D eigenvalue weighted by Crippen LogP contribution is -2.40. The van der Waals surface area contributed by atoms with Crippen molar-refractivity contribution in [2.75, 3.05) is 0 Å². The molecular formula is C28H29N2O+. The molecule has 0 atom stereocenters. The van der Waals surface area contributed by atoms with Crippen LogP contribution >= 0.6 is 0 Å². The van der Waals surface area contributed by atoms with Gasteiger partial charge in [0.2, 0.25) is 5.69 Å². The smallest absolute Gasteiger partial charge is 0.216 e. The summed E-state index contributed by atoms with van der Waals surface area (Å²) in [6, 6.07) is 12.4. The van der Waals surface area contributed by atoms with Crippen molar-refractivity contribution in [1.82, 2.24) is 0 Å². The summed E-state index contributed by atoms with van der Waals surface area (Å²) in [7, 11) is 2.14. The maximum Gasteiger partial charge on any atom is 0.216 e. The van der Waals surface area contributed by atoms with Crippen LogP contribution in [0.25, 0.3) is 38.0 Å². The molecule has 4 aromatic rings. The lowest BCUT2D eigenvalue weighted by molar-refractivity contribution is -0.661. The number of fused-ring (bicyclic) bond motifs is 4. The lowest BCUT2D eigenvalue weighted by Gasteiger charge is -2.40. The highest BCUT2D eigenvalue weighted by molar-refractivity contribution is 6.10. The Kier molecular flexibility index (Phi) is 4.12. The number of hydrogen-bond donors (Lipinski definition) is 0. The highest BCUT2D eigenvalue weighted by Gasteiger charge is 2.40. The zero-order valence-corrected chi connectivity index (χ0v) is 19.3. The van der Waals surface area contributed by atoms with Gasteiger partial charge in [-0.25, -0.2) is 9.41 Å². The van der Waals surface area contributed by atoms with Gasteiger partial charge in [0.15, 0.2) is 11.9 Å². The Morgan fingerprint density at radius 2 is 1.61 bits per heavy atom. The van der Waals surface area contributed by atoms with Crippen LogP contribution in [0.4, 0.5) is 5.69 Å². The first-order valence-corrected chi connectivity index (χ1v) is 11.0. The molecular weight excluding hydrogens is 380 g/mol. The molecule has 2 aromatic carbocycles. The van der Waals surface area contributed by atoms with E-state index >= 15 is 0 Å². The molecule has 1 aliphatic rings. The van der Waals surface area contributed by atoms with E-state index in [1.54, 1.807) is 0 Å². The summed E-state index contributed by atoms with van der Waals surface area (Å²) >= 11 is 0. The van der Waals surface area contributed by atoms with Gasteiger partial charge >= 0.3 is 0 Å². The van der Waals surface area contributed by atoms with Gasteiger partial charge in [0.05, 0.1) is 12.1 Å². The lowest BCUT2D eigenvalue weighted by atomic mass is 9.63. The van der Waals surface area contributed by atoms with Crippen LogP contribution in [0.2, 0.25) is 0 Å². The van der Waals surface area contributed by atoms with E-state index in [1.807, 2.05) is 18.2 Å². The predicted octanol–water partition coefficient (Wildman–Crippen LogP) is 7.29. The Morgan fingerprint density at radius 1 is 0.935 bits per heavy atom. The summed E-state index contributed by atoms with van der Waals surface area (Å²) in [6.07, 6.45) is 4.73. The molecule has 5 rings (SSSR count). The molecule has 156 valence electrons. The van der Waals surface area contributed by atoms with Crippen LogP contribution < -0.4 is 4.57 Å². The fourth-order valence-electron chi connectivity index (χ4n) is 5.21. The van der Waals surface area contributed by atoms with Crippen molar-refractivity contribution in [3.63, 3.8) is 0 Å². The molecule has 0 radical (unpaired) electrons. The monoisotopic (exact) mass is 409 g/mol. The highest BCUT2D eigenvalue weighted by Crippen LogP contribution is 2.47.